The van der Waals surface area contributed by atoms with Crippen LogP contribution in [0, 0.1) is 16.7 Å². The van der Waals surface area contributed by atoms with E-state index in [0.29, 0.717) is 11.1 Å². The minimum Gasteiger partial charge on any atom is -0.469 e. The molecular weight excluding hydrogens is 311 g/mol. The van der Waals surface area contributed by atoms with Gasteiger partial charge in [0.2, 0.25) is 0 Å². The van der Waals surface area contributed by atoms with Crippen molar-refractivity contribution in [1.29, 1.82) is 5.26 Å². The van der Waals surface area contributed by atoms with Crippen LogP contribution in [0.15, 0.2) is 18.2 Å². The molecule has 0 bridgehead atoms. The molecule has 1 unspecified atom stereocenters. The summed E-state index contributed by atoms with van der Waals surface area (Å²) >= 11 is 0. The summed E-state index contributed by atoms with van der Waals surface area (Å²) in [6.07, 6.45) is -6.46. The largest absolute Gasteiger partial charge is 0.469 e. The van der Waals surface area contributed by atoms with Crippen LogP contribution in [0.3, 0.4) is 0 Å². The molecule has 0 saturated heterocycles. The highest BCUT2D eigenvalue weighted by molar-refractivity contribution is 6.04. The monoisotopic (exact) mass is 325 g/mol. The van der Waals surface area contributed by atoms with Gasteiger partial charge in [0.25, 0.3) is 0 Å². The van der Waals surface area contributed by atoms with Gasteiger partial charge in [0.1, 0.15) is 0 Å². The van der Waals surface area contributed by atoms with E-state index in [-0.39, 0.29) is 18.4 Å². The second-order valence-electron chi connectivity index (χ2n) is 5.64. The molecule has 1 atom stereocenters. The number of fused-ring (bicyclic) bond motifs is 1. The zero-order chi connectivity index (χ0) is 17.3. The van der Waals surface area contributed by atoms with Gasteiger partial charge < -0.3 is 4.74 Å². The van der Waals surface area contributed by atoms with Crippen molar-refractivity contribution in [2.24, 2.45) is 5.41 Å². The van der Waals surface area contributed by atoms with Crippen LogP contribution in [0.25, 0.3) is 0 Å². The van der Waals surface area contributed by atoms with Crippen molar-refractivity contribution in [2.75, 3.05) is 7.11 Å². The van der Waals surface area contributed by atoms with Crippen molar-refractivity contribution in [3.8, 4) is 6.07 Å². The molecule has 0 fully saturated rings. The van der Waals surface area contributed by atoms with Gasteiger partial charge in [0.15, 0.2) is 5.78 Å². The molecule has 0 heterocycles. The molecule has 4 nitrogen and oxygen atoms in total. The Morgan fingerprint density at radius 1 is 1.43 bits per heavy atom. The normalized spacial score (nSPS) is 20.6. The lowest BCUT2D eigenvalue weighted by Gasteiger charge is -2.36. The first kappa shape index (κ1) is 17.0. The van der Waals surface area contributed by atoms with E-state index in [1.54, 1.807) is 0 Å². The summed E-state index contributed by atoms with van der Waals surface area (Å²) in [7, 11) is 1.07. The van der Waals surface area contributed by atoms with Crippen LogP contribution in [0.1, 0.15) is 40.7 Å². The molecule has 0 aliphatic heterocycles. The van der Waals surface area contributed by atoms with Gasteiger partial charge in [-0.25, -0.2) is 0 Å². The maximum atomic E-state index is 13.0. The Kier molecular flexibility index (Phi) is 4.46. The number of nitriles is 1. The van der Waals surface area contributed by atoms with Gasteiger partial charge in [-0.05, 0) is 36.6 Å². The number of Topliss-reactive ketones (excluding diaryl/α,β-unsaturated/α-hetero) is 1. The molecule has 122 valence electrons. The number of nitrogens with zero attached hydrogens (tertiary/aromatic N) is 1. The molecule has 0 N–H and O–H groups in total. The zero-order valence-corrected chi connectivity index (χ0v) is 12.4. The molecule has 7 heteroatoms. The third-order valence-corrected chi connectivity index (χ3v) is 4.08. The Balaban J connectivity index is 2.46. The minimum atomic E-state index is -4.58. The molecule has 0 spiro atoms. The summed E-state index contributed by atoms with van der Waals surface area (Å²) in [6.45, 7) is 0. The highest BCUT2D eigenvalue weighted by Crippen LogP contribution is 2.46. The van der Waals surface area contributed by atoms with Gasteiger partial charge >= 0.3 is 12.1 Å². The summed E-state index contributed by atoms with van der Waals surface area (Å²) in [5, 5.41) is 8.87. The van der Waals surface area contributed by atoms with Crippen LogP contribution >= 0.6 is 0 Å². The van der Waals surface area contributed by atoms with E-state index < -0.39 is 36.2 Å². The number of ketones is 1. The maximum Gasteiger partial charge on any atom is 0.390 e. The maximum absolute atomic E-state index is 13.0. The van der Waals surface area contributed by atoms with E-state index in [2.05, 4.69) is 4.74 Å². The topological polar surface area (TPSA) is 67.2 Å². The standard InChI is InChI=1S/C16H14F3NO3/c1-23-13(21)7-15(9-16(17,18)19)5-4-11-6-10(8-20)2-3-12(11)14(15)22/h2-3,6H,4-5,7,9H2,1H3. The molecule has 0 amide bonds. The zero-order valence-electron chi connectivity index (χ0n) is 12.4. The summed E-state index contributed by atoms with van der Waals surface area (Å²) in [6, 6.07) is 6.18. The number of benzene rings is 1. The number of methoxy groups -OCH3 is 1. The van der Waals surface area contributed by atoms with Crippen LogP contribution in [-0.4, -0.2) is 25.0 Å². The predicted molar refractivity (Wildman–Crippen MR) is 73.5 cm³/mol. The van der Waals surface area contributed by atoms with Gasteiger partial charge in [0, 0.05) is 5.56 Å². The van der Waals surface area contributed by atoms with Crippen LogP contribution in [0.5, 0.6) is 0 Å². The van der Waals surface area contributed by atoms with E-state index >= 15 is 0 Å². The average molecular weight is 325 g/mol. The first-order valence-corrected chi connectivity index (χ1v) is 6.92. The molecule has 1 aliphatic rings. The number of rotatable bonds is 3. The molecule has 0 radical (unpaired) electrons. The third kappa shape index (κ3) is 3.52. The van der Waals surface area contributed by atoms with Crippen LogP contribution in [-0.2, 0) is 16.0 Å². The lowest BCUT2D eigenvalue weighted by molar-refractivity contribution is -0.161. The van der Waals surface area contributed by atoms with E-state index in [4.69, 9.17) is 5.26 Å². The number of hydrogen-bond donors (Lipinski definition) is 0. The van der Waals surface area contributed by atoms with Crippen LogP contribution in [0.4, 0.5) is 13.2 Å². The van der Waals surface area contributed by atoms with Crippen molar-refractivity contribution < 1.29 is 27.5 Å². The quantitative estimate of drug-likeness (QED) is 0.801. The highest BCUT2D eigenvalue weighted by Gasteiger charge is 2.51. The summed E-state index contributed by atoms with van der Waals surface area (Å²) < 4.78 is 43.3. The van der Waals surface area contributed by atoms with Crippen molar-refractivity contribution in [3.63, 3.8) is 0 Å². The van der Waals surface area contributed by atoms with E-state index in [0.717, 1.165) is 7.11 Å². The number of esters is 1. The van der Waals surface area contributed by atoms with Crippen molar-refractivity contribution in [2.45, 2.75) is 31.9 Å². The summed E-state index contributed by atoms with van der Waals surface area (Å²) in [5.74, 6) is -1.56. The number of alkyl halides is 3. The Bertz CT molecular complexity index is 691. The fourth-order valence-electron chi connectivity index (χ4n) is 3.00. The van der Waals surface area contributed by atoms with Crippen LogP contribution < -0.4 is 0 Å². The second-order valence-corrected chi connectivity index (χ2v) is 5.64. The second kappa shape index (κ2) is 6.03. The fraction of sp³-hybridized carbons (Fsp3) is 0.438. The molecule has 0 saturated carbocycles. The molecule has 0 aromatic heterocycles. The number of carbonyl (C=O) groups excluding carboxylic acids is 2. The molecular formula is C16H14F3NO3. The van der Waals surface area contributed by atoms with Gasteiger partial charge in [-0.15, -0.1) is 0 Å². The lowest BCUT2D eigenvalue weighted by atomic mass is 9.66. The predicted octanol–water partition coefficient (Wildman–Crippen LogP) is 3.19. The summed E-state index contributed by atoms with van der Waals surface area (Å²) in [5.41, 5.74) is -0.820. The SMILES string of the molecule is COC(=O)CC1(CC(F)(F)F)CCc2cc(C#N)ccc2C1=O. The Morgan fingerprint density at radius 3 is 2.70 bits per heavy atom. The van der Waals surface area contributed by atoms with Gasteiger partial charge in [-0.1, -0.05) is 0 Å². The number of halogens is 3. The smallest absolute Gasteiger partial charge is 0.390 e. The molecule has 1 aromatic carbocycles. The Morgan fingerprint density at radius 2 is 2.13 bits per heavy atom. The number of ether oxygens (including phenoxy) is 1. The number of carbonyl (C=O) groups is 2. The van der Waals surface area contributed by atoms with E-state index in [9.17, 15) is 22.8 Å². The van der Waals surface area contributed by atoms with Crippen LogP contribution in [0.2, 0.25) is 0 Å². The molecule has 23 heavy (non-hydrogen) atoms. The van der Waals surface area contributed by atoms with Gasteiger partial charge in [-0.2, -0.15) is 18.4 Å². The Labute approximate surface area is 130 Å². The van der Waals surface area contributed by atoms with Crippen molar-refractivity contribution in [1.82, 2.24) is 0 Å². The van der Waals surface area contributed by atoms with E-state index in [1.165, 1.54) is 18.2 Å². The molecule has 2 rings (SSSR count). The molecule has 1 aliphatic carbocycles. The third-order valence-electron chi connectivity index (χ3n) is 4.08. The van der Waals surface area contributed by atoms with Crippen molar-refractivity contribution in [3.05, 3.63) is 34.9 Å². The highest BCUT2D eigenvalue weighted by atomic mass is 19.4. The minimum absolute atomic E-state index is 0.109. The molecule has 1 aromatic rings. The van der Waals surface area contributed by atoms with E-state index in [1.807, 2.05) is 6.07 Å². The lowest BCUT2D eigenvalue weighted by Crippen LogP contribution is -2.41. The van der Waals surface area contributed by atoms with Gasteiger partial charge in [0.05, 0.1) is 37.0 Å². The first-order valence-electron chi connectivity index (χ1n) is 6.92. The first-order chi connectivity index (χ1) is 10.7. The Hall–Kier alpha value is -2.36. The van der Waals surface area contributed by atoms with Gasteiger partial charge in [-0.3, -0.25) is 9.59 Å². The number of hydrogen-bond acceptors (Lipinski definition) is 4. The fourth-order valence-corrected chi connectivity index (χ4v) is 3.00. The van der Waals surface area contributed by atoms with Crippen molar-refractivity contribution >= 4 is 11.8 Å². The summed E-state index contributed by atoms with van der Waals surface area (Å²) in [4.78, 5) is 24.2. The number of aryl methyl sites for hydroxylation is 1. The average Bonchev–Trinajstić information content (AvgIpc) is 2.49.